The van der Waals surface area contributed by atoms with Gasteiger partial charge in [0.2, 0.25) is 0 Å². The van der Waals surface area contributed by atoms with Crippen LogP contribution in [-0.4, -0.2) is 21.6 Å². The van der Waals surface area contributed by atoms with Crippen molar-refractivity contribution in [2.45, 2.75) is 13.1 Å². The lowest BCUT2D eigenvalue weighted by atomic mass is 10.1. The number of carboxylic acid groups (broad SMARTS) is 1. The summed E-state index contributed by atoms with van der Waals surface area (Å²) in [4.78, 5) is 25.9. The average Bonchev–Trinajstić information content (AvgIpc) is 3.00. The lowest BCUT2D eigenvalue weighted by Crippen LogP contribution is -2.30. The summed E-state index contributed by atoms with van der Waals surface area (Å²) in [6.07, 6.45) is 2.02. The van der Waals surface area contributed by atoms with Crippen LogP contribution in [0.5, 0.6) is 0 Å². The van der Waals surface area contributed by atoms with Crippen molar-refractivity contribution in [3.8, 4) is 0 Å². The van der Waals surface area contributed by atoms with Gasteiger partial charge in [-0.3, -0.25) is 4.79 Å². The normalized spacial score (nSPS) is 12.9. The van der Waals surface area contributed by atoms with E-state index >= 15 is 0 Å². The quantitative estimate of drug-likeness (QED) is 0.782. The van der Waals surface area contributed by atoms with Crippen molar-refractivity contribution in [3.05, 3.63) is 89.2 Å². The fourth-order valence-electron chi connectivity index (χ4n) is 3.18. The molecule has 0 fully saturated rings. The van der Waals surface area contributed by atoms with Crippen molar-refractivity contribution in [1.82, 2.24) is 4.57 Å². The van der Waals surface area contributed by atoms with Gasteiger partial charge in [0.05, 0.1) is 12.1 Å². The smallest absolute Gasteiger partial charge is 0.335 e. The molecular weight excluding hydrogens is 316 g/mol. The van der Waals surface area contributed by atoms with Crippen molar-refractivity contribution in [2.75, 3.05) is 4.90 Å². The number of para-hydroxylation sites is 1. The topological polar surface area (TPSA) is 62.5 Å². The van der Waals surface area contributed by atoms with E-state index in [0.29, 0.717) is 12.1 Å². The maximum atomic E-state index is 13.1. The highest BCUT2D eigenvalue weighted by Gasteiger charge is 2.24. The second-order valence-corrected chi connectivity index (χ2v) is 6.03. The van der Waals surface area contributed by atoms with E-state index in [1.807, 2.05) is 42.6 Å². The Balaban J connectivity index is 1.75. The highest BCUT2D eigenvalue weighted by atomic mass is 16.4. The molecule has 0 bridgehead atoms. The van der Waals surface area contributed by atoms with Gasteiger partial charge in [-0.25, -0.2) is 4.79 Å². The monoisotopic (exact) mass is 332 g/mol. The summed E-state index contributed by atoms with van der Waals surface area (Å²) < 4.78 is 2.14. The first kappa shape index (κ1) is 15.2. The standard InChI is InChI=1S/C20H16N2O3/c23-19(14-7-9-15(10-8-14)20(24)25)22-13-17-5-3-11-21(17)12-16-4-1-2-6-18(16)22/h1-11H,12-13H2,(H,24,25). The summed E-state index contributed by atoms with van der Waals surface area (Å²) >= 11 is 0. The van der Waals surface area contributed by atoms with Gasteiger partial charge in [0.1, 0.15) is 0 Å². The van der Waals surface area contributed by atoms with Gasteiger partial charge >= 0.3 is 5.97 Å². The number of hydrogen-bond donors (Lipinski definition) is 1. The second kappa shape index (κ2) is 5.94. The summed E-state index contributed by atoms with van der Waals surface area (Å²) in [5, 5.41) is 9.02. The van der Waals surface area contributed by atoms with E-state index < -0.39 is 5.97 Å². The molecule has 0 unspecified atom stereocenters. The number of carbonyl (C=O) groups excluding carboxylic acids is 1. The van der Waals surface area contributed by atoms with Gasteiger partial charge in [-0.2, -0.15) is 0 Å². The van der Waals surface area contributed by atoms with Gasteiger partial charge in [0.25, 0.3) is 5.91 Å². The largest absolute Gasteiger partial charge is 0.478 e. The molecule has 1 N–H and O–H groups in total. The average molecular weight is 332 g/mol. The zero-order chi connectivity index (χ0) is 17.4. The molecular formula is C20H16N2O3. The SMILES string of the molecule is O=C(O)c1ccc(C(=O)N2Cc3cccn3Cc3ccccc32)cc1. The Hall–Kier alpha value is -3.34. The first-order valence-electron chi connectivity index (χ1n) is 8.00. The number of carbonyl (C=O) groups is 2. The van der Waals surface area contributed by atoms with Gasteiger partial charge in [0.15, 0.2) is 0 Å². The molecule has 0 aliphatic carbocycles. The summed E-state index contributed by atoms with van der Waals surface area (Å²) in [5.74, 6) is -1.14. The Bertz CT molecular complexity index is 957. The Morgan fingerprint density at radius 1 is 0.840 bits per heavy atom. The van der Waals surface area contributed by atoms with E-state index in [1.165, 1.54) is 12.1 Å². The molecule has 0 radical (unpaired) electrons. The molecule has 0 saturated carbocycles. The number of aromatic carboxylic acids is 1. The third kappa shape index (κ3) is 2.70. The molecule has 4 rings (SSSR count). The molecule has 0 saturated heterocycles. The van der Waals surface area contributed by atoms with Crippen LogP contribution in [0, 0.1) is 0 Å². The van der Waals surface area contributed by atoms with Crippen LogP contribution in [0.25, 0.3) is 0 Å². The predicted octanol–water partition coefficient (Wildman–Crippen LogP) is 3.40. The van der Waals surface area contributed by atoms with Crippen LogP contribution in [0.4, 0.5) is 5.69 Å². The number of fused-ring (bicyclic) bond motifs is 2. The van der Waals surface area contributed by atoms with Gasteiger partial charge in [-0.1, -0.05) is 18.2 Å². The fraction of sp³-hybridized carbons (Fsp3) is 0.100. The van der Waals surface area contributed by atoms with Crippen LogP contribution < -0.4 is 4.90 Å². The number of anilines is 1. The third-order valence-electron chi connectivity index (χ3n) is 4.49. The minimum absolute atomic E-state index is 0.140. The van der Waals surface area contributed by atoms with Crippen molar-refractivity contribution >= 4 is 17.6 Å². The van der Waals surface area contributed by atoms with Crippen LogP contribution >= 0.6 is 0 Å². The molecule has 1 aliphatic heterocycles. The van der Waals surface area contributed by atoms with Crippen LogP contribution in [0.1, 0.15) is 32.0 Å². The molecule has 1 amide bonds. The first-order valence-corrected chi connectivity index (χ1v) is 8.00. The van der Waals surface area contributed by atoms with E-state index in [0.717, 1.165) is 23.5 Å². The molecule has 0 spiro atoms. The first-order chi connectivity index (χ1) is 12.1. The Labute approximate surface area is 144 Å². The van der Waals surface area contributed by atoms with E-state index in [9.17, 15) is 9.59 Å². The molecule has 5 nitrogen and oxygen atoms in total. The Morgan fingerprint density at radius 2 is 1.56 bits per heavy atom. The zero-order valence-corrected chi connectivity index (χ0v) is 13.4. The van der Waals surface area contributed by atoms with E-state index in [4.69, 9.17) is 5.11 Å². The molecule has 2 aromatic carbocycles. The highest BCUT2D eigenvalue weighted by Crippen LogP contribution is 2.29. The van der Waals surface area contributed by atoms with Crippen LogP contribution in [0.15, 0.2) is 66.9 Å². The van der Waals surface area contributed by atoms with Gasteiger partial charge in [-0.15, -0.1) is 0 Å². The van der Waals surface area contributed by atoms with E-state index in [-0.39, 0.29) is 11.5 Å². The maximum Gasteiger partial charge on any atom is 0.335 e. The summed E-state index contributed by atoms with van der Waals surface area (Å²) in [7, 11) is 0. The third-order valence-corrected chi connectivity index (χ3v) is 4.49. The van der Waals surface area contributed by atoms with Crippen molar-refractivity contribution in [3.63, 3.8) is 0 Å². The van der Waals surface area contributed by atoms with Crippen LogP contribution in [0.3, 0.4) is 0 Å². The van der Waals surface area contributed by atoms with Crippen LogP contribution in [0.2, 0.25) is 0 Å². The number of aromatic nitrogens is 1. The van der Waals surface area contributed by atoms with Crippen molar-refractivity contribution in [2.24, 2.45) is 0 Å². The fourth-order valence-corrected chi connectivity index (χ4v) is 3.18. The molecule has 5 heteroatoms. The predicted molar refractivity (Wildman–Crippen MR) is 93.9 cm³/mol. The maximum absolute atomic E-state index is 13.1. The number of nitrogens with zero attached hydrogens (tertiary/aromatic N) is 2. The van der Waals surface area contributed by atoms with E-state index in [2.05, 4.69) is 4.57 Å². The number of amides is 1. The minimum atomic E-state index is -1.00. The molecule has 3 aromatic rings. The second-order valence-electron chi connectivity index (χ2n) is 6.03. The Kier molecular flexibility index (Phi) is 3.61. The number of benzene rings is 2. The molecule has 124 valence electrons. The van der Waals surface area contributed by atoms with Gasteiger partial charge in [0, 0.05) is 29.7 Å². The minimum Gasteiger partial charge on any atom is -0.478 e. The number of carboxylic acids is 1. The molecule has 2 heterocycles. The summed E-state index contributed by atoms with van der Waals surface area (Å²) in [6, 6.07) is 17.9. The Morgan fingerprint density at radius 3 is 2.32 bits per heavy atom. The number of rotatable bonds is 2. The lowest BCUT2D eigenvalue weighted by molar-refractivity contribution is 0.0696. The molecule has 1 aromatic heterocycles. The number of hydrogen-bond acceptors (Lipinski definition) is 2. The van der Waals surface area contributed by atoms with Crippen LogP contribution in [-0.2, 0) is 13.1 Å². The van der Waals surface area contributed by atoms with Crippen molar-refractivity contribution in [1.29, 1.82) is 0 Å². The molecule has 1 aliphatic rings. The zero-order valence-electron chi connectivity index (χ0n) is 13.4. The lowest BCUT2D eigenvalue weighted by Gasteiger charge is -2.22. The van der Waals surface area contributed by atoms with E-state index in [1.54, 1.807) is 17.0 Å². The summed E-state index contributed by atoms with van der Waals surface area (Å²) in [5.41, 5.74) is 3.67. The van der Waals surface area contributed by atoms with Gasteiger partial charge < -0.3 is 14.6 Å². The molecule has 25 heavy (non-hydrogen) atoms. The van der Waals surface area contributed by atoms with Gasteiger partial charge in [-0.05, 0) is 48.0 Å². The summed E-state index contributed by atoms with van der Waals surface area (Å²) in [6.45, 7) is 1.20. The molecule has 0 atom stereocenters. The highest BCUT2D eigenvalue weighted by molar-refractivity contribution is 6.07. The van der Waals surface area contributed by atoms with Crippen molar-refractivity contribution < 1.29 is 14.7 Å².